The fraction of sp³-hybridized carbons (Fsp3) is 0.0455. The van der Waals surface area contributed by atoms with Gasteiger partial charge < -0.3 is 21.1 Å². The SMILES string of the molecule is COc1cc(C(=O)Nc2ccncc2)c(Cl)c(NC(=O)c2cccc3c(N)ncnc23)c1Cl. The van der Waals surface area contributed by atoms with Gasteiger partial charge in [0.25, 0.3) is 11.8 Å². The van der Waals surface area contributed by atoms with Crippen molar-refractivity contribution >= 4 is 63.1 Å². The van der Waals surface area contributed by atoms with Gasteiger partial charge in [0.15, 0.2) is 0 Å². The molecule has 0 aliphatic heterocycles. The number of hydrogen-bond donors (Lipinski definition) is 3. The predicted octanol–water partition coefficient (Wildman–Crippen LogP) is 4.43. The Labute approximate surface area is 197 Å². The molecule has 11 heteroatoms. The van der Waals surface area contributed by atoms with Crippen LogP contribution >= 0.6 is 23.2 Å². The molecule has 0 fully saturated rings. The number of aromatic nitrogens is 3. The van der Waals surface area contributed by atoms with E-state index in [1.54, 1.807) is 30.3 Å². The van der Waals surface area contributed by atoms with E-state index in [-0.39, 0.29) is 38.4 Å². The van der Waals surface area contributed by atoms with Crippen LogP contribution in [0.25, 0.3) is 10.9 Å². The van der Waals surface area contributed by atoms with Gasteiger partial charge in [-0.2, -0.15) is 0 Å². The second-order valence-corrected chi connectivity index (χ2v) is 7.49. The summed E-state index contributed by atoms with van der Waals surface area (Å²) in [5.41, 5.74) is 7.05. The van der Waals surface area contributed by atoms with Crippen molar-refractivity contribution in [3.63, 3.8) is 0 Å². The first kappa shape index (κ1) is 22.3. The van der Waals surface area contributed by atoms with E-state index in [0.29, 0.717) is 16.6 Å². The molecule has 2 aromatic heterocycles. The van der Waals surface area contributed by atoms with Crippen molar-refractivity contribution in [2.45, 2.75) is 0 Å². The Bertz CT molecular complexity index is 1380. The topological polar surface area (TPSA) is 132 Å². The zero-order valence-electron chi connectivity index (χ0n) is 17.1. The molecule has 2 aromatic carbocycles. The van der Waals surface area contributed by atoms with Gasteiger partial charge in [0, 0.05) is 23.5 Å². The summed E-state index contributed by atoms with van der Waals surface area (Å²) >= 11 is 12.9. The number of methoxy groups -OCH3 is 1. The Morgan fingerprint density at radius 1 is 0.970 bits per heavy atom. The standard InChI is InChI=1S/C22H16Cl2N6O3/c1-33-15-9-14(22(32)29-11-5-7-26-8-6-11)16(23)19(17(15)24)30-21(31)13-4-2-3-12-18(13)27-10-28-20(12)25/h2-10H,1H3,(H,30,31)(H2,25,27,28)(H,26,29,32). The van der Waals surface area contributed by atoms with Crippen LogP contribution in [-0.2, 0) is 0 Å². The van der Waals surface area contributed by atoms with E-state index in [1.165, 1.54) is 31.9 Å². The van der Waals surface area contributed by atoms with E-state index >= 15 is 0 Å². The number of benzene rings is 2. The normalized spacial score (nSPS) is 10.6. The van der Waals surface area contributed by atoms with Crippen LogP contribution in [0.4, 0.5) is 17.2 Å². The van der Waals surface area contributed by atoms with E-state index in [9.17, 15) is 9.59 Å². The first-order chi connectivity index (χ1) is 15.9. The number of ether oxygens (including phenoxy) is 1. The van der Waals surface area contributed by atoms with Crippen LogP contribution in [0, 0.1) is 0 Å². The Kier molecular flexibility index (Phi) is 6.25. The maximum Gasteiger partial charge on any atom is 0.257 e. The first-order valence-electron chi connectivity index (χ1n) is 9.48. The zero-order chi connectivity index (χ0) is 23.5. The molecule has 0 radical (unpaired) electrons. The summed E-state index contributed by atoms with van der Waals surface area (Å²) in [7, 11) is 1.38. The molecule has 9 nitrogen and oxygen atoms in total. The van der Waals surface area contributed by atoms with Crippen molar-refractivity contribution in [1.82, 2.24) is 15.0 Å². The lowest BCUT2D eigenvalue weighted by Crippen LogP contribution is -2.17. The maximum absolute atomic E-state index is 13.1. The van der Waals surface area contributed by atoms with E-state index in [0.717, 1.165) is 0 Å². The minimum absolute atomic E-state index is 0.0154. The van der Waals surface area contributed by atoms with Gasteiger partial charge in [-0.1, -0.05) is 29.3 Å². The molecule has 33 heavy (non-hydrogen) atoms. The molecule has 2 heterocycles. The minimum atomic E-state index is -0.559. The van der Waals surface area contributed by atoms with Gasteiger partial charge in [0.1, 0.15) is 22.9 Å². The highest BCUT2D eigenvalue weighted by Gasteiger charge is 2.23. The molecule has 0 bridgehead atoms. The van der Waals surface area contributed by atoms with E-state index < -0.39 is 11.8 Å². The molecule has 0 aliphatic carbocycles. The summed E-state index contributed by atoms with van der Waals surface area (Å²) in [6, 6.07) is 9.56. The zero-order valence-corrected chi connectivity index (χ0v) is 18.6. The Morgan fingerprint density at radius 2 is 1.70 bits per heavy atom. The lowest BCUT2D eigenvalue weighted by Gasteiger charge is -2.16. The van der Waals surface area contributed by atoms with Gasteiger partial charge in [-0.15, -0.1) is 0 Å². The monoisotopic (exact) mass is 482 g/mol. The largest absolute Gasteiger partial charge is 0.495 e. The van der Waals surface area contributed by atoms with Crippen LogP contribution in [0.3, 0.4) is 0 Å². The summed E-state index contributed by atoms with van der Waals surface area (Å²) in [5.74, 6) is -0.693. The van der Waals surface area contributed by atoms with Gasteiger partial charge in [0.2, 0.25) is 0 Å². The molecule has 4 N–H and O–H groups in total. The maximum atomic E-state index is 13.1. The number of nitrogen functional groups attached to an aromatic ring is 1. The lowest BCUT2D eigenvalue weighted by molar-refractivity contribution is 0.101. The average Bonchev–Trinajstić information content (AvgIpc) is 2.82. The Hall–Kier alpha value is -3.95. The number of amides is 2. The molecule has 0 saturated heterocycles. The molecular weight excluding hydrogens is 467 g/mol. The second kappa shape index (κ2) is 9.27. The van der Waals surface area contributed by atoms with Gasteiger partial charge >= 0.3 is 0 Å². The van der Waals surface area contributed by atoms with E-state index in [1.807, 2.05) is 0 Å². The number of rotatable bonds is 5. The third-order valence-electron chi connectivity index (χ3n) is 4.75. The number of halogens is 2. The third-order valence-corrected chi connectivity index (χ3v) is 5.52. The van der Waals surface area contributed by atoms with Crippen LogP contribution in [0.2, 0.25) is 10.0 Å². The number of hydrogen-bond acceptors (Lipinski definition) is 7. The molecule has 2 amide bonds. The highest BCUT2D eigenvalue weighted by molar-refractivity contribution is 6.43. The minimum Gasteiger partial charge on any atom is -0.495 e. The quantitative estimate of drug-likeness (QED) is 0.383. The summed E-state index contributed by atoms with van der Waals surface area (Å²) in [6.07, 6.45) is 4.33. The number of fused-ring (bicyclic) bond motifs is 1. The molecule has 4 rings (SSSR count). The highest BCUT2D eigenvalue weighted by Crippen LogP contribution is 2.41. The molecule has 166 valence electrons. The molecule has 0 unspecified atom stereocenters. The van der Waals surface area contributed by atoms with Crippen LogP contribution in [0.15, 0.2) is 55.1 Å². The van der Waals surface area contributed by atoms with Crippen molar-refractivity contribution in [1.29, 1.82) is 0 Å². The summed E-state index contributed by atoms with van der Waals surface area (Å²) < 4.78 is 5.29. The van der Waals surface area contributed by atoms with Crippen LogP contribution in [-0.4, -0.2) is 33.9 Å². The molecule has 0 atom stereocenters. The summed E-state index contributed by atoms with van der Waals surface area (Å²) in [6.45, 7) is 0. The number of carbonyl (C=O) groups excluding carboxylic acids is 2. The molecule has 4 aromatic rings. The van der Waals surface area contributed by atoms with Crippen molar-refractivity contribution in [3.05, 3.63) is 76.3 Å². The number of carbonyl (C=O) groups is 2. The summed E-state index contributed by atoms with van der Waals surface area (Å²) in [4.78, 5) is 38.0. The van der Waals surface area contributed by atoms with Crippen molar-refractivity contribution in [2.75, 3.05) is 23.5 Å². The molecule has 0 saturated carbocycles. The number of para-hydroxylation sites is 1. The molecular formula is C22H16Cl2N6O3. The predicted molar refractivity (Wildman–Crippen MR) is 127 cm³/mol. The highest BCUT2D eigenvalue weighted by atomic mass is 35.5. The number of nitrogens with one attached hydrogen (secondary N) is 2. The van der Waals surface area contributed by atoms with Crippen LogP contribution < -0.4 is 21.1 Å². The van der Waals surface area contributed by atoms with Gasteiger partial charge in [-0.05, 0) is 30.3 Å². The number of nitrogens with zero attached hydrogens (tertiary/aromatic N) is 3. The second-order valence-electron chi connectivity index (χ2n) is 6.73. The lowest BCUT2D eigenvalue weighted by atomic mass is 10.1. The fourth-order valence-electron chi connectivity index (χ4n) is 3.14. The Morgan fingerprint density at radius 3 is 2.42 bits per heavy atom. The third kappa shape index (κ3) is 4.36. The molecule has 0 aliphatic rings. The van der Waals surface area contributed by atoms with Crippen molar-refractivity contribution in [3.8, 4) is 5.75 Å². The van der Waals surface area contributed by atoms with Gasteiger partial charge in [-0.25, -0.2) is 9.97 Å². The smallest absolute Gasteiger partial charge is 0.257 e. The van der Waals surface area contributed by atoms with E-state index in [4.69, 9.17) is 33.7 Å². The van der Waals surface area contributed by atoms with Gasteiger partial charge in [-0.3, -0.25) is 14.6 Å². The molecule has 0 spiro atoms. The summed E-state index contributed by atoms with van der Waals surface area (Å²) in [5, 5.41) is 5.86. The van der Waals surface area contributed by atoms with Crippen molar-refractivity contribution < 1.29 is 14.3 Å². The average molecular weight is 483 g/mol. The Balaban J connectivity index is 1.73. The van der Waals surface area contributed by atoms with Crippen molar-refractivity contribution in [2.24, 2.45) is 0 Å². The first-order valence-corrected chi connectivity index (χ1v) is 10.2. The van der Waals surface area contributed by atoms with Crippen LogP contribution in [0.5, 0.6) is 5.75 Å². The number of nitrogens with two attached hydrogens (primary N) is 1. The fourth-order valence-corrected chi connectivity index (χ4v) is 3.74. The van der Waals surface area contributed by atoms with Crippen LogP contribution in [0.1, 0.15) is 20.7 Å². The number of anilines is 3. The van der Waals surface area contributed by atoms with Gasteiger partial charge in [0.05, 0.1) is 34.5 Å². The van der Waals surface area contributed by atoms with E-state index in [2.05, 4.69) is 25.6 Å². The number of pyridine rings is 1.